The van der Waals surface area contributed by atoms with Crippen LogP contribution in [0.2, 0.25) is 15.1 Å². The highest BCUT2D eigenvalue weighted by Gasteiger charge is 2.08. The highest BCUT2D eigenvalue weighted by atomic mass is 35.5. The van der Waals surface area contributed by atoms with E-state index < -0.39 is 0 Å². The van der Waals surface area contributed by atoms with Gasteiger partial charge in [-0.1, -0.05) is 53.0 Å². The first kappa shape index (κ1) is 15.6. The fraction of sp³-hybridized carbons (Fsp3) is 0.0625. The van der Waals surface area contributed by atoms with Crippen LogP contribution in [0.4, 0.5) is 5.69 Å². The summed E-state index contributed by atoms with van der Waals surface area (Å²) in [6.07, 6.45) is 1.78. The molecular weight excluding hydrogens is 359 g/mol. The van der Waals surface area contributed by atoms with E-state index in [1.54, 1.807) is 29.7 Å². The quantitative estimate of drug-likeness (QED) is 0.407. The molecular formula is C16H11Cl3N2S. The smallest absolute Gasteiger partial charge is 0.0935 e. The second-order valence-corrected chi connectivity index (χ2v) is 7.04. The highest BCUT2D eigenvalue weighted by Crippen LogP contribution is 2.34. The van der Waals surface area contributed by atoms with Crippen molar-refractivity contribution in [3.05, 3.63) is 61.9 Å². The van der Waals surface area contributed by atoms with Crippen molar-refractivity contribution in [1.29, 1.82) is 0 Å². The van der Waals surface area contributed by atoms with Crippen LogP contribution in [0.1, 0.15) is 10.4 Å². The fourth-order valence-electron chi connectivity index (χ4n) is 2.12. The molecule has 0 aliphatic heterocycles. The molecule has 6 heteroatoms. The molecule has 0 fully saturated rings. The number of nitrogens with zero attached hydrogens (tertiary/aromatic N) is 1. The first-order valence-electron chi connectivity index (χ1n) is 6.48. The van der Waals surface area contributed by atoms with Crippen molar-refractivity contribution < 1.29 is 0 Å². The van der Waals surface area contributed by atoms with Crippen molar-refractivity contribution in [2.24, 2.45) is 5.10 Å². The maximum atomic E-state index is 6.11. The predicted molar refractivity (Wildman–Crippen MR) is 99.3 cm³/mol. The average molecular weight is 370 g/mol. The zero-order chi connectivity index (χ0) is 15.7. The van der Waals surface area contributed by atoms with Gasteiger partial charge in [-0.05, 0) is 36.1 Å². The van der Waals surface area contributed by atoms with Crippen LogP contribution in [-0.2, 0) is 0 Å². The van der Waals surface area contributed by atoms with Crippen molar-refractivity contribution in [3.63, 3.8) is 0 Å². The van der Waals surface area contributed by atoms with Crippen molar-refractivity contribution in [3.8, 4) is 0 Å². The van der Waals surface area contributed by atoms with Gasteiger partial charge in [0.25, 0.3) is 0 Å². The number of thiophene rings is 1. The van der Waals surface area contributed by atoms with Gasteiger partial charge in [0.1, 0.15) is 0 Å². The van der Waals surface area contributed by atoms with E-state index >= 15 is 0 Å². The number of halogens is 3. The molecule has 0 radical (unpaired) electrons. The molecule has 0 saturated heterocycles. The Morgan fingerprint density at radius 2 is 1.77 bits per heavy atom. The van der Waals surface area contributed by atoms with E-state index in [1.807, 2.05) is 12.1 Å². The Hall–Kier alpha value is -1.26. The predicted octanol–water partition coefficient (Wildman–Crippen LogP) is 6.62. The van der Waals surface area contributed by atoms with E-state index in [4.69, 9.17) is 34.8 Å². The summed E-state index contributed by atoms with van der Waals surface area (Å²) in [4.78, 5) is 1.09. The SMILES string of the molecule is Cc1c(C=NNc2c(Cl)cc(Cl)cc2Cl)sc2ccccc12. The maximum Gasteiger partial charge on any atom is 0.0935 e. The van der Waals surface area contributed by atoms with Gasteiger partial charge in [-0.3, -0.25) is 5.43 Å². The van der Waals surface area contributed by atoms with E-state index in [-0.39, 0.29) is 0 Å². The molecule has 0 aliphatic rings. The van der Waals surface area contributed by atoms with Crippen molar-refractivity contribution in [2.75, 3.05) is 5.43 Å². The number of hydrogen-bond acceptors (Lipinski definition) is 3. The van der Waals surface area contributed by atoms with Gasteiger partial charge in [-0.25, -0.2) is 0 Å². The van der Waals surface area contributed by atoms with Gasteiger partial charge in [0, 0.05) is 9.72 Å². The minimum absolute atomic E-state index is 0.433. The minimum Gasteiger partial charge on any atom is -0.275 e. The summed E-state index contributed by atoms with van der Waals surface area (Å²) >= 11 is 19.8. The Morgan fingerprint density at radius 3 is 2.45 bits per heavy atom. The zero-order valence-electron chi connectivity index (χ0n) is 11.5. The van der Waals surface area contributed by atoms with E-state index in [1.165, 1.54) is 15.6 Å². The molecule has 3 rings (SSSR count). The zero-order valence-corrected chi connectivity index (χ0v) is 14.6. The van der Waals surface area contributed by atoms with Crippen LogP contribution in [0.15, 0.2) is 41.5 Å². The molecule has 0 atom stereocenters. The lowest BCUT2D eigenvalue weighted by atomic mass is 10.1. The van der Waals surface area contributed by atoms with E-state index in [0.29, 0.717) is 20.8 Å². The normalized spacial score (nSPS) is 11.5. The van der Waals surface area contributed by atoms with Gasteiger partial charge in [0.2, 0.25) is 0 Å². The number of nitrogens with one attached hydrogen (secondary N) is 1. The van der Waals surface area contributed by atoms with Crippen LogP contribution in [-0.4, -0.2) is 6.21 Å². The summed E-state index contributed by atoms with van der Waals surface area (Å²) in [7, 11) is 0. The Bertz CT molecular complexity index is 848. The number of anilines is 1. The molecule has 0 saturated carbocycles. The third-order valence-electron chi connectivity index (χ3n) is 3.25. The Kier molecular flexibility index (Phi) is 4.59. The van der Waals surface area contributed by atoms with Crippen LogP contribution in [0.25, 0.3) is 10.1 Å². The van der Waals surface area contributed by atoms with Gasteiger partial charge in [-0.2, -0.15) is 5.10 Å². The Morgan fingerprint density at radius 1 is 1.09 bits per heavy atom. The number of hydrazone groups is 1. The Balaban J connectivity index is 1.87. The van der Waals surface area contributed by atoms with E-state index in [2.05, 4.69) is 29.6 Å². The monoisotopic (exact) mass is 368 g/mol. The number of rotatable bonds is 3. The molecule has 112 valence electrons. The van der Waals surface area contributed by atoms with Crippen LogP contribution in [0.5, 0.6) is 0 Å². The number of fused-ring (bicyclic) bond motifs is 1. The van der Waals surface area contributed by atoms with Crippen LogP contribution >= 0.6 is 46.1 Å². The van der Waals surface area contributed by atoms with Gasteiger partial charge in [0.15, 0.2) is 0 Å². The van der Waals surface area contributed by atoms with Gasteiger partial charge >= 0.3 is 0 Å². The molecule has 22 heavy (non-hydrogen) atoms. The molecule has 0 unspecified atom stereocenters. The largest absolute Gasteiger partial charge is 0.275 e. The van der Waals surface area contributed by atoms with E-state index in [0.717, 1.165) is 4.88 Å². The van der Waals surface area contributed by atoms with E-state index in [9.17, 15) is 0 Å². The summed E-state index contributed by atoms with van der Waals surface area (Å²) in [5.74, 6) is 0. The summed E-state index contributed by atoms with van der Waals surface area (Å²) in [5.41, 5.74) is 4.63. The Labute approximate surface area is 147 Å². The lowest BCUT2D eigenvalue weighted by Crippen LogP contribution is -1.92. The third kappa shape index (κ3) is 3.08. The average Bonchev–Trinajstić information content (AvgIpc) is 2.79. The topological polar surface area (TPSA) is 24.4 Å². The van der Waals surface area contributed by atoms with Crippen molar-refractivity contribution >= 4 is 68.1 Å². The van der Waals surface area contributed by atoms with Crippen molar-refractivity contribution in [2.45, 2.75) is 6.92 Å². The van der Waals surface area contributed by atoms with Crippen LogP contribution in [0.3, 0.4) is 0 Å². The molecule has 1 heterocycles. The van der Waals surface area contributed by atoms with Crippen LogP contribution < -0.4 is 5.43 Å². The molecule has 2 aromatic carbocycles. The highest BCUT2D eigenvalue weighted by molar-refractivity contribution is 7.20. The second kappa shape index (κ2) is 6.47. The molecule has 2 nitrogen and oxygen atoms in total. The molecule has 0 aliphatic carbocycles. The summed E-state index contributed by atoms with van der Waals surface area (Å²) in [6.45, 7) is 2.09. The maximum absolute atomic E-state index is 6.11. The van der Waals surface area contributed by atoms with Crippen molar-refractivity contribution in [1.82, 2.24) is 0 Å². The first-order valence-corrected chi connectivity index (χ1v) is 8.43. The van der Waals surface area contributed by atoms with Gasteiger partial charge < -0.3 is 0 Å². The fourth-order valence-corrected chi connectivity index (χ4v) is 4.11. The molecule has 1 aromatic heterocycles. The number of aryl methyl sites for hydroxylation is 1. The summed E-state index contributed by atoms with van der Waals surface area (Å²) in [5, 5.41) is 6.85. The van der Waals surface area contributed by atoms with Crippen LogP contribution in [0, 0.1) is 6.92 Å². The standard InChI is InChI=1S/C16H11Cl3N2S/c1-9-11-4-2-3-5-14(11)22-15(9)8-20-21-16-12(18)6-10(17)7-13(16)19/h2-8,21H,1H3. The molecule has 1 N–H and O–H groups in total. The lowest BCUT2D eigenvalue weighted by Gasteiger charge is -2.06. The number of hydrogen-bond donors (Lipinski definition) is 1. The van der Waals surface area contributed by atoms with Gasteiger partial charge in [0.05, 0.1) is 26.8 Å². The summed E-state index contributed by atoms with van der Waals surface area (Å²) in [6, 6.07) is 11.5. The minimum atomic E-state index is 0.433. The third-order valence-corrected chi connectivity index (χ3v) is 5.27. The molecule has 0 amide bonds. The number of benzene rings is 2. The lowest BCUT2D eigenvalue weighted by molar-refractivity contribution is 1.35. The molecule has 0 bridgehead atoms. The summed E-state index contributed by atoms with van der Waals surface area (Å²) < 4.78 is 1.24. The molecule has 0 spiro atoms. The second-order valence-electron chi connectivity index (χ2n) is 4.70. The first-order chi connectivity index (χ1) is 10.6. The van der Waals surface area contributed by atoms with Gasteiger partial charge in [-0.15, -0.1) is 11.3 Å². The molecule has 3 aromatic rings.